The summed E-state index contributed by atoms with van der Waals surface area (Å²) < 4.78 is 2.63. The zero-order valence-electron chi connectivity index (χ0n) is 34.4. The molecule has 0 N–H and O–H groups in total. The van der Waals surface area contributed by atoms with Gasteiger partial charge in [-0.05, 0) is 133 Å². The summed E-state index contributed by atoms with van der Waals surface area (Å²) in [6.45, 7) is 0. The van der Waals surface area contributed by atoms with Crippen LogP contribution in [0.2, 0.25) is 0 Å². The van der Waals surface area contributed by atoms with Crippen LogP contribution in [0.1, 0.15) is 22.3 Å². The fourth-order valence-corrected chi connectivity index (χ4v) is 12.0. The summed E-state index contributed by atoms with van der Waals surface area (Å²) in [7, 11) is 0. The van der Waals surface area contributed by atoms with E-state index in [1.165, 1.54) is 98.1 Å². The molecule has 2 aliphatic carbocycles. The van der Waals surface area contributed by atoms with Crippen LogP contribution >= 0.6 is 11.3 Å². The maximum Gasteiger partial charge on any atom is 0.0725 e. The van der Waals surface area contributed by atoms with E-state index < -0.39 is 5.41 Å². The summed E-state index contributed by atoms with van der Waals surface area (Å²) in [4.78, 5) is 2.34. The van der Waals surface area contributed by atoms with Crippen LogP contribution in [-0.2, 0) is 5.41 Å². The lowest BCUT2D eigenvalue weighted by Gasteiger charge is -2.30. The molecule has 0 saturated carbocycles. The third kappa shape index (κ3) is 5.42. The van der Waals surface area contributed by atoms with Crippen molar-refractivity contribution in [3.8, 4) is 55.6 Å². The van der Waals surface area contributed by atoms with Gasteiger partial charge in [-0.15, -0.1) is 11.3 Å². The monoisotopic (exact) mass is 817 g/mol. The van der Waals surface area contributed by atoms with Gasteiger partial charge in [-0.2, -0.15) is 0 Å². The molecule has 11 aromatic rings. The Morgan fingerprint density at radius 1 is 0.286 bits per heavy atom. The Hall–Kier alpha value is -7.78. The Morgan fingerprint density at radius 3 is 1.37 bits per heavy atom. The van der Waals surface area contributed by atoms with Gasteiger partial charge < -0.3 is 4.90 Å². The van der Waals surface area contributed by atoms with E-state index in [1.807, 2.05) is 11.3 Å². The molecule has 0 saturated heterocycles. The summed E-state index contributed by atoms with van der Waals surface area (Å²) in [5.74, 6) is 0. The maximum absolute atomic E-state index is 2.53. The molecule has 2 aliphatic rings. The van der Waals surface area contributed by atoms with Gasteiger partial charge in [0, 0.05) is 42.8 Å². The minimum absolute atomic E-state index is 0.395. The second-order valence-corrected chi connectivity index (χ2v) is 17.8. The van der Waals surface area contributed by atoms with Crippen LogP contribution in [-0.4, -0.2) is 0 Å². The van der Waals surface area contributed by atoms with E-state index in [0.29, 0.717) is 0 Å². The van der Waals surface area contributed by atoms with E-state index >= 15 is 0 Å². The number of anilines is 3. The lowest BCUT2D eigenvalue weighted by molar-refractivity contribution is 0.794. The van der Waals surface area contributed by atoms with E-state index in [4.69, 9.17) is 0 Å². The number of rotatable bonds is 6. The normalized spacial score (nSPS) is 12.9. The lowest BCUT2D eigenvalue weighted by Crippen LogP contribution is -2.25. The third-order valence-corrected chi connectivity index (χ3v) is 14.7. The third-order valence-electron chi connectivity index (χ3n) is 13.5. The molecule has 63 heavy (non-hydrogen) atoms. The first-order valence-electron chi connectivity index (χ1n) is 21.7. The number of thiophene rings is 1. The molecule has 0 unspecified atom stereocenters. The van der Waals surface area contributed by atoms with E-state index in [1.54, 1.807) is 0 Å². The van der Waals surface area contributed by atoms with Crippen molar-refractivity contribution in [1.29, 1.82) is 0 Å². The van der Waals surface area contributed by atoms with Gasteiger partial charge in [-0.3, -0.25) is 0 Å². The molecule has 0 bridgehead atoms. The standard InChI is InChI=1S/C61H39NS/c1-3-15-40(16-4-1)41-27-32-46(33-28-41)62(45-17-5-2-6-18-45)47-34-29-42(30-35-47)44-37-53(60-54(38-44)52-22-10-14-26-59(52)63-60)43-31-36-51-50-21-9-13-25-57(50)61(58(51)39-43)55-23-11-7-19-48(55)49-20-8-12-24-56(49)61/h1-39H. The molecule has 10 aromatic carbocycles. The van der Waals surface area contributed by atoms with Crippen LogP contribution in [0.15, 0.2) is 237 Å². The summed E-state index contributed by atoms with van der Waals surface area (Å²) in [6, 6.07) is 87.6. The quantitative estimate of drug-likeness (QED) is 0.162. The predicted molar refractivity (Wildman–Crippen MR) is 267 cm³/mol. The van der Waals surface area contributed by atoms with Crippen LogP contribution in [0.5, 0.6) is 0 Å². The first-order chi connectivity index (χ1) is 31.2. The summed E-state index contributed by atoms with van der Waals surface area (Å²) in [5, 5.41) is 2.60. The average molecular weight is 818 g/mol. The van der Waals surface area contributed by atoms with Crippen molar-refractivity contribution >= 4 is 48.6 Å². The minimum Gasteiger partial charge on any atom is -0.311 e. The van der Waals surface area contributed by atoms with Gasteiger partial charge in [0.2, 0.25) is 0 Å². The van der Waals surface area contributed by atoms with E-state index in [2.05, 4.69) is 241 Å². The van der Waals surface area contributed by atoms with Crippen LogP contribution in [0, 0.1) is 0 Å². The molecular formula is C61H39NS. The molecule has 2 heteroatoms. The molecule has 0 fully saturated rings. The van der Waals surface area contributed by atoms with Crippen molar-refractivity contribution in [2.24, 2.45) is 0 Å². The molecule has 1 aromatic heterocycles. The number of nitrogens with zero attached hydrogens (tertiary/aromatic N) is 1. The van der Waals surface area contributed by atoms with E-state index in [0.717, 1.165) is 17.1 Å². The number of fused-ring (bicyclic) bond motifs is 13. The van der Waals surface area contributed by atoms with Crippen molar-refractivity contribution in [2.75, 3.05) is 4.90 Å². The first-order valence-corrected chi connectivity index (χ1v) is 22.6. The van der Waals surface area contributed by atoms with Crippen LogP contribution in [0.3, 0.4) is 0 Å². The molecule has 13 rings (SSSR count). The van der Waals surface area contributed by atoms with Crippen molar-refractivity contribution in [3.05, 3.63) is 259 Å². The highest BCUT2D eigenvalue weighted by molar-refractivity contribution is 7.26. The fourth-order valence-electron chi connectivity index (χ4n) is 10.7. The van der Waals surface area contributed by atoms with Crippen LogP contribution in [0.25, 0.3) is 75.8 Å². The maximum atomic E-state index is 2.53. The molecule has 1 nitrogen and oxygen atoms in total. The number of hydrogen-bond acceptors (Lipinski definition) is 2. The van der Waals surface area contributed by atoms with Gasteiger partial charge in [-0.1, -0.05) is 176 Å². The van der Waals surface area contributed by atoms with Gasteiger partial charge in [0.05, 0.1) is 5.41 Å². The zero-order valence-corrected chi connectivity index (χ0v) is 35.2. The van der Waals surface area contributed by atoms with Gasteiger partial charge >= 0.3 is 0 Å². The number of hydrogen-bond donors (Lipinski definition) is 0. The Morgan fingerprint density at radius 2 is 0.746 bits per heavy atom. The average Bonchev–Trinajstić information content (AvgIpc) is 3.99. The largest absolute Gasteiger partial charge is 0.311 e. The summed E-state index contributed by atoms with van der Waals surface area (Å²) in [6.07, 6.45) is 0. The van der Waals surface area contributed by atoms with E-state index in [9.17, 15) is 0 Å². The molecule has 1 heterocycles. The van der Waals surface area contributed by atoms with Crippen molar-refractivity contribution in [2.45, 2.75) is 5.41 Å². The molecule has 0 atom stereocenters. The van der Waals surface area contributed by atoms with Crippen molar-refractivity contribution in [3.63, 3.8) is 0 Å². The molecule has 0 aliphatic heterocycles. The second kappa shape index (κ2) is 14.1. The smallest absolute Gasteiger partial charge is 0.0725 e. The number of benzene rings is 10. The van der Waals surface area contributed by atoms with Crippen LogP contribution < -0.4 is 4.90 Å². The number of para-hydroxylation sites is 1. The lowest BCUT2D eigenvalue weighted by atomic mass is 9.70. The van der Waals surface area contributed by atoms with Gasteiger partial charge in [0.1, 0.15) is 0 Å². The Bertz CT molecular complexity index is 3480. The summed E-state index contributed by atoms with van der Waals surface area (Å²) >= 11 is 1.90. The van der Waals surface area contributed by atoms with Crippen LogP contribution in [0.4, 0.5) is 17.1 Å². The fraction of sp³-hybridized carbons (Fsp3) is 0.0164. The Kier molecular flexibility index (Phi) is 8.06. The van der Waals surface area contributed by atoms with Gasteiger partial charge in [0.25, 0.3) is 0 Å². The molecular weight excluding hydrogens is 779 g/mol. The highest BCUT2D eigenvalue weighted by Crippen LogP contribution is 2.63. The van der Waals surface area contributed by atoms with Gasteiger partial charge in [0.15, 0.2) is 0 Å². The molecule has 1 spiro atoms. The predicted octanol–water partition coefficient (Wildman–Crippen LogP) is 16.9. The molecule has 0 radical (unpaired) electrons. The highest BCUT2D eigenvalue weighted by Gasteiger charge is 2.51. The van der Waals surface area contributed by atoms with Crippen molar-refractivity contribution < 1.29 is 0 Å². The zero-order chi connectivity index (χ0) is 41.5. The highest BCUT2D eigenvalue weighted by atomic mass is 32.1. The van der Waals surface area contributed by atoms with Crippen molar-refractivity contribution in [1.82, 2.24) is 0 Å². The van der Waals surface area contributed by atoms with E-state index in [-0.39, 0.29) is 0 Å². The Balaban J connectivity index is 0.967. The molecule has 294 valence electrons. The summed E-state index contributed by atoms with van der Waals surface area (Å²) in [5.41, 5.74) is 21.0. The minimum atomic E-state index is -0.395. The topological polar surface area (TPSA) is 3.24 Å². The molecule has 0 amide bonds. The van der Waals surface area contributed by atoms with Gasteiger partial charge in [-0.25, -0.2) is 0 Å². The SMILES string of the molecule is c1ccc(-c2ccc(N(c3ccccc3)c3ccc(-c4cc(-c5ccc6c(c5)C5(c7ccccc7-c7ccccc75)c5ccccc5-6)c5sc6ccccc6c5c4)cc3)cc2)cc1. The second-order valence-electron chi connectivity index (χ2n) is 16.8. The first kappa shape index (κ1) is 35.9. The Labute approximate surface area is 371 Å².